The number of aryl methyl sites for hydroxylation is 1. The van der Waals surface area contributed by atoms with Gasteiger partial charge in [-0.2, -0.15) is 0 Å². The molecule has 100 valence electrons. The highest BCUT2D eigenvalue weighted by molar-refractivity contribution is 9.10. The van der Waals surface area contributed by atoms with Crippen LogP contribution in [0.1, 0.15) is 24.8 Å². The molecule has 0 saturated carbocycles. The van der Waals surface area contributed by atoms with Gasteiger partial charge in [0.1, 0.15) is 6.17 Å². The second kappa shape index (κ2) is 6.88. The molecular formula is C14H18BrClFN. The molecule has 2 rings (SSSR count). The first kappa shape index (κ1) is 14.3. The van der Waals surface area contributed by atoms with Crippen molar-refractivity contribution in [2.75, 3.05) is 13.1 Å². The topological polar surface area (TPSA) is 12.0 Å². The maximum Gasteiger partial charge on any atom is 0.105 e. The van der Waals surface area contributed by atoms with Crippen LogP contribution in [0.2, 0.25) is 5.02 Å². The monoisotopic (exact) mass is 333 g/mol. The van der Waals surface area contributed by atoms with E-state index in [1.165, 1.54) is 0 Å². The normalized spacial score (nSPS) is 24.2. The van der Waals surface area contributed by atoms with E-state index in [1.54, 1.807) is 0 Å². The number of halogens is 3. The molecule has 1 saturated heterocycles. The molecule has 0 spiro atoms. The number of hydrogen-bond acceptors (Lipinski definition) is 1. The Balaban J connectivity index is 1.82. The molecule has 2 atom stereocenters. The minimum atomic E-state index is -0.635. The van der Waals surface area contributed by atoms with Gasteiger partial charge in [0, 0.05) is 22.0 Å². The van der Waals surface area contributed by atoms with Crippen molar-refractivity contribution in [1.29, 1.82) is 0 Å². The molecule has 1 heterocycles. The number of nitrogens with one attached hydrogen (secondary N) is 1. The van der Waals surface area contributed by atoms with Crippen molar-refractivity contribution < 1.29 is 4.39 Å². The zero-order valence-electron chi connectivity index (χ0n) is 10.3. The Morgan fingerprint density at radius 1 is 1.44 bits per heavy atom. The van der Waals surface area contributed by atoms with E-state index in [9.17, 15) is 4.39 Å². The summed E-state index contributed by atoms with van der Waals surface area (Å²) in [5, 5.41) is 4.06. The van der Waals surface area contributed by atoms with Crippen LogP contribution in [0.3, 0.4) is 0 Å². The summed E-state index contributed by atoms with van der Waals surface area (Å²) >= 11 is 9.58. The third-order valence-corrected chi connectivity index (χ3v) is 4.41. The number of benzene rings is 1. The molecule has 0 bridgehead atoms. The van der Waals surface area contributed by atoms with E-state index in [2.05, 4.69) is 21.2 Å². The van der Waals surface area contributed by atoms with Gasteiger partial charge in [0.25, 0.3) is 0 Å². The summed E-state index contributed by atoms with van der Waals surface area (Å²) in [6.45, 7) is 1.63. The SMILES string of the molecule is F[C@@H]1CCNC[C@H]1CCCc1cc(Br)ccc1Cl. The van der Waals surface area contributed by atoms with Crippen LogP contribution < -0.4 is 5.32 Å². The number of piperidine rings is 1. The van der Waals surface area contributed by atoms with Crippen molar-refractivity contribution in [2.24, 2.45) is 5.92 Å². The lowest BCUT2D eigenvalue weighted by Crippen LogP contribution is -2.37. The van der Waals surface area contributed by atoms with Crippen molar-refractivity contribution in [3.63, 3.8) is 0 Å². The van der Waals surface area contributed by atoms with Gasteiger partial charge >= 0.3 is 0 Å². The predicted molar refractivity (Wildman–Crippen MR) is 78.0 cm³/mol. The molecule has 18 heavy (non-hydrogen) atoms. The Kier molecular flexibility index (Phi) is 5.46. The van der Waals surface area contributed by atoms with Gasteiger partial charge in [0.15, 0.2) is 0 Å². The summed E-state index contributed by atoms with van der Waals surface area (Å²) in [4.78, 5) is 0. The molecule has 0 radical (unpaired) electrons. The second-order valence-electron chi connectivity index (χ2n) is 4.90. The first-order valence-corrected chi connectivity index (χ1v) is 7.62. The molecule has 1 aliphatic heterocycles. The Labute approximate surface area is 121 Å². The largest absolute Gasteiger partial charge is 0.316 e. The standard InChI is InChI=1S/C14H18BrClFN/c15-12-4-5-13(16)10(8-12)2-1-3-11-9-18-7-6-14(11)17/h4-5,8,11,14,18H,1-3,6-7,9H2/t11-,14-/m1/s1. The van der Waals surface area contributed by atoms with Crippen LogP contribution >= 0.6 is 27.5 Å². The summed E-state index contributed by atoms with van der Waals surface area (Å²) in [5.41, 5.74) is 1.14. The Hall–Kier alpha value is -0.120. The summed E-state index contributed by atoms with van der Waals surface area (Å²) in [6.07, 6.45) is 2.85. The molecule has 0 aliphatic carbocycles. The molecule has 1 nitrogen and oxygen atoms in total. The summed E-state index contributed by atoms with van der Waals surface area (Å²) < 4.78 is 14.7. The van der Waals surface area contributed by atoms with Gasteiger partial charge in [-0.3, -0.25) is 0 Å². The Morgan fingerprint density at radius 3 is 3.06 bits per heavy atom. The van der Waals surface area contributed by atoms with E-state index < -0.39 is 6.17 Å². The zero-order chi connectivity index (χ0) is 13.0. The van der Waals surface area contributed by atoms with E-state index in [-0.39, 0.29) is 5.92 Å². The van der Waals surface area contributed by atoms with Gasteiger partial charge in [-0.25, -0.2) is 4.39 Å². The van der Waals surface area contributed by atoms with E-state index in [0.717, 1.165) is 47.4 Å². The van der Waals surface area contributed by atoms with Crippen LogP contribution in [-0.4, -0.2) is 19.3 Å². The van der Waals surface area contributed by atoms with Crippen molar-refractivity contribution in [1.82, 2.24) is 5.32 Å². The molecular weight excluding hydrogens is 317 g/mol. The molecule has 0 amide bonds. The minimum Gasteiger partial charge on any atom is -0.316 e. The molecule has 1 aromatic carbocycles. The van der Waals surface area contributed by atoms with E-state index in [0.29, 0.717) is 6.42 Å². The van der Waals surface area contributed by atoms with Crippen LogP contribution in [0.5, 0.6) is 0 Å². The van der Waals surface area contributed by atoms with Crippen LogP contribution in [0.25, 0.3) is 0 Å². The van der Waals surface area contributed by atoms with Crippen molar-refractivity contribution in [3.8, 4) is 0 Å². The van der Waals surface area contributed by atoms with E-state index in [4.69, 9.17) is 11.6 Å². The lowest BCUT2D eigenvalue weighted by atomic mass is 9.91. The smallest absolute Gasteiger partial charge is 0.105 e. The molecule has 1 N–H and O–H groups in total. The Bertz CT molecular complexity index is 399. The highest BCUT2D eigenvalue weighted by atomic mass is 79.9. The van der Waals surface area contributed by atoms with Crippen LogP contribution in [-0.2, 0) is 6.42 Å². The fourth-order valence-electron chi connectivity index (χ4n) is 2.46. The van der Waals surface area contributed by atoms with Gasteiger partial charge in [-0.1, -0.05) is 27.5 Å². The summed E-state index contributed by atoms with van der Waals surface area (Å²) in [5.74, 6) is 0.171. The fraction of sp³-hybridized carbons (Fsp3) is 0.571. The van der Waals surface area contributed by atoms with Crippen LogP contribution in [0.4, 0.5) is 4.39 Å². The van der Waals surface area contributed by atoms with E-state index in [1.807, 2.05) is 18.2 Å². The second-order valence-corrected chi connectivity index (χ2v) is 6.22. The van der Waals surface area contributed by atoms with Gasteiger partial charge in [-0.15, -0.1) is 0 Å². The van der Waals surface area contributed by atoms with Crippen molar-refractivity contribution in [2.45, 2.75) is 31.9 Å². The quantitative estimate of drug-likeness (QED) is 0.862. The fourth-order valence-corrected chi connectivity index (χ4v) is 3.08. The van der Waals surface area contributed by atoms with Crippen LogP contribution in [0, 0.1) is 5.92 Å². The van der Waals surface area contributed by atoms with Crippen molar-refractivity contribution >= 4 is 27.5 Å². The number of rotatable bonds is 4. The lowest BCUT2D eigenvalue weighted by molar-refractivity contribution is 0.168. The van der Waals surface area contributed by atoms with Gasteiger partial charge < -0.3 is 5.32 Å². The van der Waals surface area contributed by atoms with Gasteiger partial charge in [-0.05, 0) is 56.0 Å². The highest BCUT2D eigenvalue weighted by Gasteiger charge is 2.23. The molecule has 1 aromatic rings. The third-order valence-electron chi connectivity index (χ3n) is 3.54. The van der Waals surface area contributed by atoms with Gasteiger partial charge in [0.2, 0.25) is 0 Å². The summed E-state index contributed by atoms with van der Waals surface area (Å²) in [7, 11) is 0. The summed E-state index contributed by atoms with van der Waals surface area (Å²) in [6, 6.07) is 5.89. The Morgan fingerprint density at radius 2 is 2.28 bits per heavy atom. The molecule has 4 heteroatoms. The maximum atomic E-state index is 13.6. The molecule has 0 aromatic heterocycles. The molecule has 0 unspecified atom stereocenters. The first-order chi connectivity index (χ1) is 8.66. The minimum absolute atomic E-state index is 0.171. The predicted octanol–water partition coefficient (Wildman–Crippen LogP) is 4.37. The average molecular weight is 335 g/mol. The lowest BCUT2D eigenvalue weighted by Gasteiger charge is -2.26. The number of hydrogen-bond donors (Lipinski definition) is 1. The number of alkyl halides is 1. The van der Waals surface area contributed by atoms with Gasteiger partial charge in [0.05, 0.1) is 0 Å². The first-order valence-electron chi connectivity index (χ1n) is 6.45. The zero-order valence-corrected chi connectivity index (χ0v) is 12.6. The molecule has 1 fully saturated rings. The third kappa shape index (κ3) is 3.94. The maximum absolute atomic E-state index is 13.6. The molecule has 1 aliphatic rings. The average Bonchev–Trinajstić information content (AvgIpc) is 2.36. The van der Waals surface area contributed by atoms with Crippen molar-refractivity contribution in [3.05, 3.63) is 33.3 Å². The highest BCUT2D eigenvalue weighted by Crippen LogP contribution is 2.25. The van der Waals surface area contributed by atoms with Crippen LogP contribution in [0.15, 0.2) is 22.7 Å². The van der Waals surface area contributed by atoms with E-state index >= 15 is 0 Å².